The number of Topliss-reactive ketones (excluding diaryl/α,β-unsaturated/α-hetero) is 5. The van der Waals surface area contributed by atoms with Gasteiger partial charge in [-0.2, -0.15) is 0 Å². The zero-order valence-electron chi connectivity index (χ0n) is 21.1. The lowest BCUT2D eigenvalue weighted by Crippen LogP contribution is -2.51. The standard InChI is InChI=1S/C24H42N4O5/c1-19(29)6-7-24(23(5)33)28-14-12-26(17-21(3)31)10-8-25(16-20(2)30)9-11-27(13-15-28)18-22(4)32/h24H,6-18H2,1-5H3. The smallest absolute Gasteiger partial charge is 0.146 e. The van der Waals surface area contributed by atoms with Crippen molar-refractivity contribution in [1.82, 2.24) is 19.6 Å². The normalized spacial score (nSPS) is 19.3. The summed E-state index contributed by atoms with van der Waals surface area (Å²) in [5.74, 6) is 0.294. The molecule has 0 bridgehead atoms. The van der Waals surface area contributed by atoms with Gasteiger partial charge in [-0.1, -0.05) is 0 Å². The van der Waals surface area contributed by atoms with Gasteiger partial charge in [0.1, 0.15) is 28.9 Å². The number of carbonyl (C=O) groups is 5. The SMILES string of the molecule is CC(=O)CCC(C(C)=O)N1CCN(CC(C)=O)CCN(CC(C)=O)CCN(CC(C)=O)CC1. The van der Waals surface area contributed by atoms with E-state index in [9.17, 15) is 24.0 Å². The van der Waals surface area contributed by atoms with Crippen LogP contribution in [0.4, 0.5) is 0 Å². The first-order valence-electron chi connectivity index (χ1n) is 11.9. The Balaban J connectivity index is 3.11. The molecule has 1 heterocycles. The van der Waals surface area contributed by atoms with Crippen LogP contribution < -0.4 is 0 Å². The Hall–Kier alpha value is -1.81. The molecule has 9 heteroatoms. The van der Waals surface area contributed by atoms with Gasteiger partial charge in [-0.15, -0.1) is 0 Å². The minimum atomic E-state index is -0.371. The van der Waals surface area contributed by atoms with Gasteiger partial charge in [0.05, 0.1) is 25.7 Å². The van der Waals surface area contributed by atoms with E-state index in [-0.39, 0.29) is 35.0 Å². The minimum absolute atomic E-state index is 0.0206. The number of carbonyl (C=O) groups excluding carboxylic acids is 5. The highest BCUT2D eigenvalue weighted by molar-refractivity contribution is 5.83. The number of hydrogen-bond acceptors (Lipinski definition) is 9. The average molecular weight is 467 g/mol. The molecule has 1 saturated heterocycles. The van der Waals surface area contributed by atoms with Crippen LogP contribution >= 0.6 is 0 Å². The van der Waals surface area contributed by atoms with Crippen molar-refractivity contribution in [3.8, 4) is 0 Å². The van der Waals surface area contributed by atoms with E-state index < -0.39 is 0 Å². The Morgan fingerprint density at radius 3 is 1.15 bits per heavy atom. The third-order valence-electron chi connectivity index (χ3n) is 5.89. The van der Waals surface area contributed by atoms with E-state index in [4.69, 9.17) is 0 Å². The molecule has 0 amide bonds. The fraction of sp³-hybridized carbons (Fsp3) is 0.792. The van der Waals surface area contributed by atoms with E-state index in [1.165, 1.54) is 6.92 Å². The first-order chi connectivity index (χ1) is 15.5. The van der Waals surface area contributed by atoms with Gasteiger partial charge >= 0.3 is 0 Å². The van der Waals surface area contributed by atoms with Gasteiger partial charge in [0.2, 0.25) is 0 Å². The van der Waals surface area contributed by atoms with E-state index in [1.807, 2.05) is 0 Å². The van der Waals surface area contributed by atoms with Crippen LogP contribution in [0.2, 0.25) is 0 Å². The van der Waals surface area contributed by atoms with Gasteiger partial charge < -0.3 is 4.79 Å². The molecule has 1 aliphatic rings. The molecule has 9 nitrogen and oxygen atoms in total. The number of ketones is 5. The lowest BCUT2D eigenvalue weighted by Gasteiger charge is -2.36. The third kappa shape index (κ3) is 12.9. The highest BCUT2D eigenvalue weighted by atomic mass is 16.1. The Morgan fingerprint density at radius 2 is 0.879 bits per heavy atom. The maximum atomic E-state index is 12.5. The Kier molecular flexibility index (Phi) is 13.4. The second-order valence-corrected chi connectivity index (χ2v) is 9.34. The predicted octanol–water partition coefficient (Wildman–Crippen LogP) is 0.302. The summed E-state index contributed by atoms with van der Waals surface area (Å²) in [7, 11) is 0. The van der Waals surface area contributed by atoms with Crippen molar-refractivity contribution in [3.63, 3.8) is 0 Å². The van der Waals surface area contributed by atoms with E-state index in [0.717, 1.165) is 0 Å². The number of hydrogen-bond donors (Lipinski definition) is 0. The fourth-order valence-electron chi connectivity index (χ4n) is 4.27. The van der Waals surface area contributed by atoms with Crippen LogP contribution in [-0.2, 0) is 24.0 Å². The first-order valence-corrected chi connectivity index (χ1v) is 11.9. The summed E-state index contributed by atoms with van der Waals surface area (Å²) < 4.78 is 0. The highest BCUT2D eigenvalue weighted by Gasteiger charge is 2.25. The largest absolute Gasteiger partial charge is 0.300 e. The van der Waals surface area contributed by atoms with Crippen LogP contribution in [0.1, 0.15) is 47.5 Å². The summed E-state index contributed by atoms with van der Waals surface area (Å²) >= 11 is 0. The summed E-state index contributed by atoms with van der Waals surface area (Å²) in [4.78, 5) is 67.8. The zero-order chi connectivity index (χ0) is 25.0. The maximum absolute atomic E-state index is 12.5. The van der Waals surface area contributed by atoms with Crippen molar-refractivity contribution in [3.05, 3.63) is 0 Å². The highest BCUT2D eigenvalue weighted by Crippen LogP contribution is 2.11. The van der Waals surface area contributed by atoms with Crippen LogP contribution in [0.25, 0.3) is 0 Å². The average Bonchev–Trinajstić information content (AvgIpc) is 2.67. The molecule has 1 atom stereocenters. The maximum Gasteiger partial charge on any atom is 0.146 e. The summed E-state index contributed by atoms with van der Waals surface area (Å²) in [5.41, 5.74) is 0. The zero-order valence-corrected chi connectivity index (χ0v) is 21.1. The molecule has 0 saturated carbocycles. The van der Waals surface area contributed by atoms with Gasteiger partial charge in [-0.05, 0) is 41.0 Å². The first kappa shape index (κ1) is 29.2. The topological polar surface area (TPSA) is 98.3 Å². The lowest BCUT2D eigenvalue weighted by atomic mass is 10.0. The molecule has 0 radical (unpaired) electrons. The van der Waals surface area contributed by atoms with Crippen LogP contribution in [-0.4, -0.2) is 127 Å². The van der Waals surface area contributed by atoms with Crippen molar-refractivity contribution < 1.29 is 24.0 Å². The quantitative estimate of drug-likeness (QED) is 0.426. The molecule has 0 aromatic heterocycles. The lowest BCUT2D eigenvalue weighted by molar-refractivity contribution is -0.124. The van der Waals surface area contributed by atoms with E-state index >= 15 is 0 Å². The van der Waals surface area contributed by atoms with Crippen LogP contribution in [0, 0.1) is 0 Å². The summed E-state index contributed by atoms with van der Waals surface area (Å²) in [6.07, 6.45) is 0.811. The Bertz CT molecular complexity index is 664. The molecule has 1 rings (SSSR count). The van der Waals surface area contributed by atoms with Crippen molar-refractivity contribution in [2.75, 3.05) is 72.0 Å². The van der Waals surface area contributed by atoms with Gasteiger partial charge in [0.15, 0.2) is 0 Å². The van der Waals surface area contributed by atoms with Crippen molar-refractivity contribution >= 4 is 28.9 Å². The molecule has 0 aromatic rings. The molecular formula is C24H42N4O5. The molecular weight excluding hydrogens is 424 g/mol. The van der Waals surface area contributed by atoms with Crippen molar-refractivity contribution in [1.29, 1.82) is 0 Å². The molecule has 1 fully saturated rings. The van der Waals surface area contributed by atoms with E-state index in [1.54, 1.807) is 27.7 Å². The molecule has 1 aliphatic heterocycles. The predicted molar refractivity (Wildman–Crippen MR) is 127 cm³/mol. The molecule has 0 aliphatic carbocycles. The van der Waals surface area contributed by atoms with Gasteiger partial charge in [0.25, 0.3) is 0 Å². The Morgan fingerprint density at radius 1 is 0.545 bits per heavy atom. The van der Waals surface area contributed by atoms with Crippen molar-refractivity contribution in [2.24, 2.45) is 0 Å². The van der Waals surface area contributed by atoms with Crippen LogP contribution in [0.3, 0.4) is 0 Å². The second-order valence-electron chi connectivity index (χ2n) is 9.34. The van der Waals surface area contributed by atoms with Gasteiger partial charge in [-0.3, -0.25) is 38.8 Å². The molecule has 33 heavy (non-hydrogen) atoms. The Labute approximate surface area is 198 Å². The molecule has 0 N–H and O–H groups in total. The monoisotopic (exact) mass is 466 g/mol. The van der Waals surface area contributed by atoms with Gasteiger partial charge in [-0.25, -0.2) is 0 Å². The molecule has 0 spiro atoms. The van der Waals surface area contributed by atoms with Gasteiger partial charge in [0, 0.05) is 58.8 Å². The van der Waals surface area contributed by atoms with Crippen LogP contribution in [0.15, 0.2) is 0 Å². The fourth-order valence-corrected chi connectivity index (χ4v) is 4.27. The molecule has 188 valence electrons. The van der Waals surface area contributed by atoms with Crippen molar-refractivity contribution in [2.45, 2.75) is 53.5 Å². The third-order valence-corrected chi connectivity index (χ3v) is 5.89. The molecule has 0 aromatic carbocycles. The summed E-state index contributed by atoms with van der Waals surface area (Å²) in [5, 5.41) is 0. The number of nitrogens with zero attached hydrogens (tertiary/aromatic N) is 4. The molecule has 1 unspecified atom stereocenters. The minimum Gasteiger partial charge on any atom is -0.300 e. The van der Waals surface area contributed by atoms with E-state index in [0.29, 0.717) is 84.8 Å². The summed E-state index contributed by atoms with van der Waals surface area (Å²) in [6.45, 7) is 13.7. The number of rotatable bonds is 11. The summed E-state index contributed by atoms with van der Waals surface area (Å²) in [6, 6.07) is -0.371. The second kappa shape index (κ2) is 15.2. The van der Waals surface area contributed by atoms with Crippen LogP contribution in [0.5, 0.6) is 0 Å². The van der Waals surface area contributed by atoms with E-state index in [2.05, 4.69) is 19.6 Å².